The van der Waals surface area contributed by atoms with E-state index in [2.05, 4.69) is 5.32 Å². The smallest absolute Gasteiger partial charge is 0.341 e. The summed E-state index contributed by atoms with van der Waals surface area (Å²) in [6.07, 6.45) is 1.90. The molecule has 12 heteroatoms. The van der Waals surface area contributed by atoms with Gasteiger partial charge in [-0.1, -0.05) is 11.6 Å². The summed E-state index contributed by atoms with van der Waals surface area (Å²) in [5.41, 5.74) is 2.52. The third kappa shape index (κ3) is 8.35. The summed E-state index contributed by atoms with van der Waals surface area (Å²) in [5, 5.41) is 13.5. The fourth-order valence-electron chi connectivity index (χ4n) is 4.97. The maximum absolute atomic E-state index is 12.2. The predicted molar refractivity (Wildman–Crippen MR) is 169 cm³/mol. The number of benzene rings is 3. The number of hydroxylamine groups is 2. The molecule has 0 saturated carbocycles. The van der Waals surface area contributed by atoms with Gasteiger partial charge in [-0.2, -0.15) is 0 Å². The fourth-order valence-corrected chi connectivity index (χ4v) is 5.92. The first-order valence-corrected chi connectivity index (χ1v) is 15.5. The van der Waals surface area contributed by atoms with Crippen molar-refractivity contribution < 1.29 is 38.4 Å². The number of nitrogens with one attached hydrogen (secondary N) is 1. The Morgan fingerprint density at radius 3 is 2.05 bits per heavy atom. The van der Waals surface area contributed by atoms with Crippen molar-refractivity contribution in [2.45, 2.75) is 42.9 Å². The molecule has 1 saturated heterocycles. The molecule has 238 valence electrons. The molecule has 0 bridgehead atoms. The summed E-state index contributed by atoms with van der Waals surface area (Å²) in [5.74, 6) is 3.58. The van der Waals surface area contributed by atoms with Crippen LogP contribution in [-0.2, 0) is 11.3 Å². The molecular weight excluding hydrogens is 608 g/mol. The molecule has 3 aromatic carbocycles. The summed E-state index contributed by atoms with van der Waals surface area (Å²) in [6, 6.07) is 14.8. The molecule has 1 aliphatic heterocycles. The van der Waals surface area contributed by atoms with Crippen molar-refractivity contribution in [1.29, 1.82) is 0 Å². The van der Waals surface area contributed by atoms with E-state index in [0.29, 0.717) is 51.0 Å². The van der Waals surface area contributed by atoms with Gasteiger partial charge < -0.3 is 33.7 Å². The van der Waals surface area contributed by atoms with E-state index in [9.17, 15) is 10.0 Å². The number of methoxy groups -OCH3 is 4. The number of ether oxygens (including phenoxy) is 6. The molecular formula is C32H39ClN2O8S. The number of nitrogens with zero attached hydrogens (tertiary/aromatic N) is 1. The average Bonchev–Trinajstić information content (AvgIpc) is 3.54. The van der Waals surface area contributed by atoms with Crippen LogP contribution in [0.1, 0.15) is 48.2 Å². The van der Waals surface area contributed by atoms with Crippen molar-refractivity contribution in [1.82, 2.24) is 10.4 Å². The molecule has 1 heterocycles. The van der Waals surface area contributed by atoms with Crippen LogP contribution in [0.25, 0.3) is 0 Å². The van der Waals surface area contributed by atoms with Crippen molar-refractivity contribution in [3.63, 3.8) is 0 Å². The number of hydrogen-bond donors (Lipinski definition) is 2. The minimum absolute atomic E-state index is 0.117. The van der Waals surface area contributed by atoms with Crippen LogP contribution in [0.15, 0.2) is 53.4 Å². The van der Waals surface area contributed by atoms with E-state index in [-0.39, 0.29) is 18.8 Å². The average molecular weight is 647 g/mol. The molecule has 4 rings (SSSR count). The van der Waals surface area contributed by atoms with Crippen LogP contribution in [0.2, 0.25) is 5.02 Å². The number of rotatable bonds is 14. The normalized spacial score (nSPS) is 15.9. The van der Waals surface area contributed by atoms with Gasteiger partial charge in [0.2, 0.25) is 5.75 Å². The first-order chi connectivity index (χ1) is 21.3. The highest BCUT2D eigenvalue weighted by molar-refractivity contribution is 7.99. The van der Waals surface area contributed by atoms with Gasteiger partial charge in [0.25, 0.3) is 0 Å². The molecule has 2 amide bonds. The SMILES string of the molecule is COc1cc(C2CCC(c3cc(OC)c(OC)c(OC)c3)O2)cc(CNC(=O)N(C)O)c1OCCCSc1ccc(Cl)cc1. The number of carbonyl (C=O) groups is 1. The molecule has 44 heavy (non-hydrogen) atoms. The number of hydrogen-bond acceptors (Lipinski definition) is 9. The highest BCUT2D eigenvalue weighted by Crippen LogP contribution is 2.47. The zero-order valence-corrected chi connectivity index (χ0v) is 27.1. The molecule has 10 nitrogen and oxygen atoms in total. The molecule has 3 aromatic rings. The van der Waals surface area contributed by atoms with Crippen LogP contribution in [0.3, 0.4) is 0 Å². The van der Waals surface area contributed by atoms with Gasteiger partial charge in [0.1, 0.15) is 0 Å². The lowest BCUT2D eigenvalue weighted by Gasteiger charge is -2.21. The molecule has 1 fully saturated rings. The molecule has 0 aromatic heterocycles. The summed E-state index contributed by atoms with van der Waals surface area (Å²) >= 11 is 7.70. The van der Waals surface area contributed by atoms with E-state index in [1.54, 1.807) is 40.2 Å². The van der Waals surface area contributed by atoms with Crippen molar-refractivity contribution in [2.24, 2.45) is 0 Å². The van der Waals surface area contributed by atoms with Gasteiger partial charge in [-0.05, 0) is 78.9 Å². The second-order valence-corrected chi connectivity index (χ2v) is 11.7. The second-order valence-electron chi connectivity index (χ2n) is 10.0. The van der Waals surface area contributed by atoms with Gasteiger partial charge in [0.15, 0.2) is 23.0 Å². The number of urea groups is 1. The minimum Gasteiger partial charge on any atom is -0.493 e. The van der Waals surface area contributed by atoms with Gasteiger partial charge in [0.05, 0.1) is 47.3 Å². The first-order valence-electron chi connectivity index (χ1n) is 14.2. The minimum atomic E-state index is -0.640. The standard InChI is InChI=1S/C32H39ClN2O8S/c1-35(37)32(36)34-19-22-15-20(16-27(38-2)30(22)42-13-6-14-44-24-9-7-23(33)8-10-24)25-11-12-26(43-25)21-17-28(39-3)31(41-5)29(18-21)40-4/h7-10,15-18,25-26,37H,6,11-14,19H2,1-5H3,(H,34,36). The molecule has 0 spiro atoms. The van der Waals surface area contributed by atoms with Gasteiger partial charge in [-0.25, -0.2) is 9.86 Å². The second kappa shape index (κ2) is 16.0. The highest BCUT2D eigenvalue weighted by atomic mass is 35.5. The maximum Gasteiger partial charge on any atom is 0.341 e. The molecule has 0 radical (unpaired) electrons. The molecule has 0 aliphatic carbocycles. The van der Waals surface area contributed by atoms with Gasteiger partial charge >= 0.3 is 6.03 Å². The summed E-state index contributed by atoms with van der Waals surface area (Å²) in [7, 11) is 7.59. The Kier molecular flexibility index (Phi) is 12.1. The van der Waals surface area contributed by atoms with Crippen LogP contribution in [0.4, 0.5) is 4.79 Å². The van der Waals surface area contributed by atoms with Crippen LogP contribution in [0.5, 0.6) is 28.7 Å². The fraction of sp³-hybridized carbons (Fsp3) is 0.406. The number of thioether (sulfide) groups is 1. The third-order valence-corrected chi connectivity index (χ3v) is 8.52. The van der Waals surface area contributed by atoms with Crippen molar-refractivity contribution in [2.75, 3.05) is 47.8 Å². The van der Waals surface area contributed by atoms with Crippen LogP contribution >= 0.6 is 23.4 Å². The number of amides is 2. The molecule has 1 aliphatic rings. The summed E-state index contributed by atoms with van der Waals surface area (Å²) < 4.78 is 35.0. The van der Waals surface area contributed by atoms with Gasteiger partial charge in [-0.3, -0.25) is 5.21 Å². The van der Waals surface area contributed by atoms with E-state index in [4.69, 9.17) is 40.0 Å². The Morgan fingerprint density at radius 2 is 1.50 bits per heavy atom. The highest BCUT2D eigenvalue weighted by Gasteiger charge is 2.31. The first kappa shape index (κ1) is 33.4. The van der Waals surface area contributed by atoms with E-state index in [0.717, 1.165) is 41.0 Å². The Labute approximate surface area is 267 Å². The van der Waals surface area contributed by atoms with Crippen LogP contribution in [0, 0.1) is 0 Å². The molecule has 2 N–H and O–H groups in total. The van der Waals surface area contributed by atoms with Crippen molar-refractivity contribution in [3.8, 4) is 28.7 Å². The Balaban J connectivity index is 1.51. The quantitative estimate of drug-likeness (QED) is 0.0824. The zero-order chi connectivity index (χ0) is 31.6. The van der Waals surface area contributed by atoms with Crippen LogP contribution < -0.4 is 29.0 Å². The monoisotopic (exact) mass is 646 g/mol. The van der Waals surface area contributed by atoms with Crippen molar-refractivity contribution in [3.05, 3.63) is 70.2 Å². The van der Waals surface area contributed by atoms with Crippen molar-refractivity contribution >= 4 is 29.4 Å². The van der Waals surface area contributed by atoms with E-state index in [1.165, 1.54) is 7.05 Å². The summed E-state index contributed by atoms with van der Waals surface area (Å²) in [4.78, 5) is 13.3. The van der Waals surface area contributed by atoms with Gasteiger partial charge in [-0.15, -0.1) is 11.8 Å². The Morgan fingerprint density at radius 1 is 0.932 bits per heavy atom. The Bertz CT molecular complexity index is 1380. The number of halogens is 1. The van der Waals surface area contributed by atoms with Gasteiger partial charge in [0, 0.05) is 34.8 Å². The predicted octanol–water partition coefficient (Wildman–Crippen LogP) is 7.06. The van der Waals surface area contributed by atoms with E-state index < -0.39 is 6.03 Å². The maximum atomic E-state index is 12.2. The summed E-state index contributed by atoms with van der Waals surface area (Å²) in [6.45, 7) is 0.562. The van der Waals surface area contributed by atoms with E-state index in [1.807, 2.05) is 48.5 Å². The number of carbonyl (C=O) groups excluding carboxylic acids is 1. The zero-order valence-electron chi connectivity index (χ0n) is 25.6. The molecule has 2 unspecified atom stereocenters. The van der Waals surface area contributed by atoms with Crippen LogP contribution in [-0.4, -0.2) is 64.1 Å². The lowest BCUT2D eigenvalue weighted by molar-refractivity contribution is -0.0184. The third-order valence-electron chi connectivity index (χ3n) is 7.17. The molecule has 2 atom stereocenters. The largest absolute Gasteiger partial charge is 0.493 e. The van der Waals surface area contributed by atoms with E-state index >= 15 is 0 Å². The lowest BCUT2D eigenvalue weighted by atomic mass is 10.0. The lowest BCUT2D eigenvalue weighted by Crippen LogP contribution is -2.34. The Hall–Kier alpha value is -3.51. The topological polar surface area (TPSA) is 108 Å².